The third-order valence-electron chi connectivity index (χ3n) is 16.8. The van der Waals surface area contributed by atoms with Crippen LogP contribution >= 0.6 is 0 Å². The SMILES string of the molecule is CC(C)C(C)C1OC1C(C)(O)C1CCC2(O)C3=CC(=O)C4(CO)CC(O)C(O)C5CCC3(CCC12CCc1cc(O)cc(N2CCCC2=O)c1)C54C. The molecule has 6 fully saturated rings. The lowest BCUT2D eigenvalue weighted by Crippen LogP contribution is -2.71. The lowest BCUT2D eigenvalue weighted by molar-refractivity contribution is -0.225. The van der Waals surface area contributed by atoms with Gasteiger partial charge < -0.3 is 40.3 Å². The van der Waals surface area contributed by atoms with Crippen LogP contribution in [-0.4, -0.2) is 91.1 Å². The molecule has 13 atom stereocenters. The van der Waals surface area contributed by atoms with E-state index in [0.717, 1.165) is 12.0 Å². The molecule has 1 aromatic carbocycles. The number of hydrogen-bond acceptors (Lipinski definition) is 9. The van der Waals surface area contributed by atoms with Crippen molar-refractivity contribution in [2.75, 3.05) is 18.1 Å². The van der Waals surface area contributed by atoms with Gasteiger partial charge in [-0.05, 0) is 130 Å². The molecule has 10 heteroatoms. The van der Waals surface area contributed by atoms with Crippen LogP contribution in [0.4, 0.5) is 5.69 Å². The number of rotatable bonds is 9. The molecule has 7 aliphatic rings. The normalized spacial score (nSPS) is 45.4. The van der Waals surface area contributed by atoms with Gasteiger partial charge >= 0.3 is 0 Å². The van der Waals surface area contributed by atoms with Gasteiger partial charge in [-0.15, -0.1) is 0 Å². The Kier molecular flexibility index (Phi) is 8.33. The van der Waals surface area contributed by atoms with Gasteiger partial charge in [0, 0.05) is 35.5 Å². The number of amides is 1. The van der Waals surface area contributed by atoms with Crippen molar-refractivity contribution in [3.05, 3.63) is 35.4 Å². The number of aryl methyl sites for hydroxylation is 1. The van der Waals surface area contributed by atoms with Crippen LogP contribution in [0.15, 0.2) is 29.8 Å². The van der Waals surface area contributed by atoms with Crippen LogP contribution in [0.2, 0.25) is 0 Å². The molecular weight excluding hydrogens is 662 g/mol. The summed E-state index contributed by atoms with van der Waals surface area (Å²) >= 11 is 0. The Balaban J connectivity index is 1.23. The van der Waals surface area contributed by atoms with Crippen LogP contribution in [0.25, 0.3) is 0 Å². The summed E-state index contributed by atoms with van der Waals surface area (Å²) in [7, 11) is 0. The summed E-state index contributed by atoms with van der Waals surface area (Å²) in [6.45, 7) is 10.5. The topological polar surface area (TPSA) is 171 Å². The quantitative estimate of drug-likeness (QED) is 0.205. The van der Waals surface area contributed by atoms with E-state index >= 15 is 0 Å². The van der Waals surface area contributed by atoms with Crippen molar-refractivity contribution in [3.63, 3.8) is 0 Å². The largest absolute Gasteiger partial charge is 0.508 e. The average Bonchev–Trinajstić information content (AvgIpc) is 3.57. The van der Waals surface area contributed by atoms with Gasteiger partial charge in [0.05, 0.1) is 41.5 Å². The van der Waals surface area contributed by atoms with E-state index in [1.54, 1.807) is 23.1 Å². The standard InChI is InChI=1S/C42H59NO9/c1-23(2)24(3)35-36(52-35)37(4,50)30-10-13-42(51)31-20-32(47)41(22-44)21-29(46)34(49)28-9-12-39(31,38(28,41)5)14-15-40(30,42)11-8-25-17-26(19-27(45)18-25)43-16-6-7-33(43)48/h17-20,23-24,28-30,34-36,44-46,49-51H,6-16,21-22H2,1-5H3. The van der Waals surface area contributed by atoms with Crippen LogP contribution in [0.3, 0.4) is 0 Å². The maximum Gasteiger partial charge on any atom is 0.227 e. The smallest absolute Gasteiger partial charge is 0.227 e. The molecule has 4 saturated carbocycles. The molecule has 13 unspecified atom stereocenters. The third kappa shape index (κ3) is 4.51. The van der Waals surface area contributed by atoms with Gasteiger partial charge in [-0.3, -0.25) is 9.59 Å². The Morgan fingerprint density at radius 3 is 2.48 bits per heavy atom. The maximum atomic E-state index is 14.6. The molecule has 0 aromatic heterocycles. The highest BCUT2D eigenvalue weighted by atomic mass is 16.6. The van der Waals surface area contributed by atoms with Crippen molar-refractivity contribution in [1.29, 1.82) is 0 Å². The number of anilines is 1. The first-order valence-corrected chi connectivity index (χ1v) is 19.9. The Hall–Kier alpha value is -2.34. The zero-order valence-electron chi connectivity index (χ0n) is 31.5. The molecule has 2 saturated heterocycles. The number of aliphatic hydroxyl groups excluding tert-OH is 3. The number of allylic oxidation sites excluding steroid dienone is 1. The third-order valence-corrected chi connectivity index (χ3v) is 16.8. The molecule has 8 rings (SSSR count). The van der Waals surface area contributed by atoms with Gasteiger partial charge in [0.25, 0.3) is 0 Å². The van der Waals surface area contributed by atoms with Crippen LogP contribution in [0.5, 0.6) is 5.75 Å². The minimum Gasteiger partial charge on any atom is -0.508 e. The van der Waals surface area contributed by atoms with Crippen molar-refractivity contribution in [1.82, 2.24) is 0 Å². The van der Waals surface area contributed by atoms with E-state index < -0.39 is 63.7 Å². The van der Waals surface area contributed by atoms with Gasteiger partial charge in [0.15, 0.2) is 5.78 Å². The number of hydrogen-bond donors (Lipinski definition) is 6. The molecule has 10 nitrogen and oxygen atoms in total. The zero-order valence-corrected chi connectivity index (χ0v) is 31.5. The minimum atomic E-state index is -1.48. The maximum absolute atomic E-state index is 14.6. The monoisotopic (exact) mass is 721 g/mol. The number of benzene rings is 1. The predicted octanol–water partition coefficient (Wildman–Crippen LogP) is 4.20. The lowest BCUT2D eigenvalue weighted by atomic mass is 9.35. The van der Waals surface area contributed by atoms with E-state index in [9.17, 15) is 40.2 Å². The van der Waals surface area contributed by atoms with Crippen molar-refractivity contribution < 1.29 is 45.0 Å². The Labute approximate surface area is 307 Å². The molecule has 0 radical (unpaired) electrons. The van der Waals surface area contributed by atoms with Crippen molar-refractivity contribution in [2.45, 2.75) is 141 Å². The molecule has 1 aromatic rings. The molecule has 1 amide bonds. The Morgan fingerprint density at radius 1 is 1.06 bits per heavy atom. The second-order valence-corrected chi connectivity index (χ2v) is 18.8. The van der Waals surface area contributed by atoms with Crippen LogP contribution in [0.1, 0.15) is 104 Å². The van der Waals surface area contributed by atoms with E-state index in [1.807, 2.05) is 19.9 Å². The molecule has 2 heterocycles. The number of ketones is 1. The summed E-state index contributed by atoms with van der Waals surface area (Å²) in [5.74, 6) is -0.413. The van der Waals surface area contributed by atoms with E-state index in [0.29, 0.717) is 81.5 Å². The number of aromatic hydroxyl groups is 1. The Bertz CT molecular complexity index is 1690. The first-order chi connectivity index (χ1) is 24.4. The molecule has 1 spiro atoms. The highest BCUT2D eigenvalue weighted by Gasteiger charge is 2.81. The summed E-state index contributed by atoms with van der Waals surface area (Å²) in [6.07, 6.45) is 4.29. The second-order valence-electron chi connectivity index (χ2n) is 18.8. The summed E-state index contributed by atoms with van der Waals surface area (Å²) in [5.41, 5.74) is -4.32. The molecule has 286 valence electrons. The molecule has 0 bridgehead atoms. The van der Waals surface area contributed by atoms with Crippen LogP contribution in [-0.2, 0) is 20.7 Å². The minimum absolute atomic E-state index is 0.0279. The molecule has 52 heavy (non-hydrogen) atoms. The molecule has 6 N–H and O–H groups in total. The predicted molar refractivity (Wildman–Crippen MR) is 193 cm³/mol. The average molecular weight is 722 g/mol. The van der Waals surface area contributed by atoms with Crippen molar-refractivity contribution >= 4 is 17.4 Å². The number of ether oxygens (including phenoxy) is 1. The van der Waals surface area contributed by atoms with Crippen molar-refractivity contribution in [2.24, 2.45) is 45.3 Å². The number of aliphatic hydroxyl groups is 5. The fourth-order valence-corrected chi connectivity index (χ4v) is 13.7. The zero-order chi connectivity index (χ0) is 37.4. The molecule has 5 aliphatic carbocycles. The number of nitrogens with zero attached hydrogens (tertiary/aromatic N) is 1. The fraction of sp³-hybridized carbons (Fsp3) is 0.762. The Morgan fingerprint density at radius 2 is 1.81 bits per heavy atom. The first-order valence-electron chi connectivity index (χ1n) is 19.9. The van der Waals surface area contributed by atoms with E-state index in [1.165, 1.54) is 0 Å². The van der Waals surface area contributed by atoms with E-state index in [-0.39, 0.29) is 41.8 Å². The molecule has 2 aliphatic heterocycles. The highest BCUT2D eigenvalue weighted by molar-refractivity contribution is 5.99. The first kappa shape index (κ1) is 36.6. The number of carbonyl (C=O) groups excluding carboxylic acids is 2. The van der Waals surface area contributed by atoms with Crippen LogP contribution < -0.4 is 4.90 Å². The van der Waals surface area contributed by atoms with Gasteiger partial charge in [0.2, 0.25) is 5.91 Å². The number of fused-ring (bicyclic) bond motifs is 2. The van der Waals surface area contributed by atoms with Gasteiger partial charge in [-0.1, -0.05) is 27.7 Å². The highest BCUT2D eigenvalue weighted by Crippen LogP contribution is 2.81. The summed E-state index contributed by atoms with van der Waals surface area (Å²) in [5, 5.41) is 70.6. The number of phenolic OH excluding ortho intramolecular Hbond substituents is 1. The van der Waals surface area contributed by atoms with Gasteiger partial charge in [-0.25, -0.2) is 0 Å². The van der Waals surface area contributed by atoms with E-state index in [4.69, 9.17) is 4.74 Å². The summed E-state index contributed by atoms with van der Waals surface area (Å²) in [4.78, 5) is 28.9. The lowest BCUT2D eigenvalue weighted by Gasteiger charge is -2.69. The number of carbonyl (C=O) groups is 2. The summed E-state index contributed by atoms with van der Waals surface area (Å²) in [6, 6.07) is 5.28. The second kappa shape index (κ2) is 11.8. The summed E-state index contributed by atoms with van der Waals surface area (Å²) < 4.78 is 6.29. The number of phenols is 1. The number of epoxide rings is 1. The molecular formula is C42H59NO9. The van der Waals surface area contributed by atoms with Crippen molar-refractivity contribution in [3.8, 4) is 5.75 Å². The van der Waals surface area contributed by atoms with Gasteiger partial charge in [0.1, 0.15) is 11.9 Å². The van der Waals surface area contributed by atoms with Gasteiger partial charge in [-0.2, -0.15) is 0 Å². The fourth-order valence-electron chi connectivity index (χ4n) is 13.7. The van der Waals surface area contributed by atoms with E-state index in [2.05, 4.69) is 20.8 Å². The van der Waals surface area contributed by atoms with Crippen LogP contribution in [0, 0.1) is 45.3 Å².